The molecule has 0 spiro atoms. The van der Waals surface area contributed by atoms with Crippen molar-refractivity contribution in [3.8, 4) is 22.3 Å². The molecule has 7 aromatic carbocycles. The molecule has 0 aliphatic carbocycles. The molecule has 7 aromatic rings. The van der Waals surface area contributed by atoms with E-state index >= 15 is 0 Å². The fourth-order valence-electron chi connectivity index (χ4n) is 6.55. The predicted molar refractivity (Wildman–Crippen MR) is 166 cm³/mol. The summed E-state index contributed by atoms with van der Waals surface area (Å²) in [4.78, 5) is 0. The van der Waals surface area contributed by atoms with Crippen LogP contribution in [0.1, 0.15) is 22.3 Å². The minimum atomic E-state index is 1.28. The van der Waals surface area contributed by atoms with Gasteiger partial charge in [0.25, 0.3) is 0 Å². The van der Waals surface area contributed by atoms with E-state index in [9.17, 15) is 0 Å². The second-order valence-corrected chi connectivity index (χ2v) is 10.8. The summed E-state index contributed by atoms with van der Waals surface area (Å²) >= 11 is 0. The van der Waals surface area contributed by atoms with Gasteiger partial charge < -0.3 is 0 Å². The van der Waals surface area contributed by atoms with E-state index in [4.69, 9.17) is 0 Å². The quantitative estimate of drug-likeness (QED) is 0.213. The van der Waals surface area contributed by atoms with E-state index in [0.29, 0.717) is 0 Å². The number of hydrogen-bond donors (Lipinski definition) is 0. The minimum Gasteiger partial charge on any atom is -0.0617 e. The van der Waals surface area contributed by atoms with E-state index in [1.54, 1.807) is 0 Å². The predicted octanol–water partition coefficient (Wildman–Crippen LogP) is 10.9. The standard InChI is InChI=1S/C38H30/c1-23-11-9-12-24(2)35(23)37-31-19-27-15-5-7-17-29(27)21-33(31)38(36-25(3)13-10-14-26(36)4)34-22-30-18-8-6-16-28(30)20-32(34)37/h5-22H,1-4H3. The third kappa shape index (κ3) is 3.37. The molecular weight excluding hydrogens is 456 g/mol. The monoisotopic (exact) mass is 486 g/mol. The highest BCUT2D eigenvalue weighted by molar-refractivity contribution is 6.26. The summed E-state index contributed by atoms with van der Waals surface area (Å²) in [6, 6.07) is 40.6. The van der Waals surface area contributed by atoms with Crippen molar-refractivity contribution < 1.29 is 0 Å². The van der Waals surface area contributed by atoms with Crippen LogP contribution in [0.4, 0.5) is 0 Å². The molecule has 0 fully saturated rings. The second-order valence-electron chi connectivity index (χ2n) is 10.8. The normalized spacial score (nSPS) is 11.7. The molecule has 182 valence electrons. The highest BCUT2D eigenvalue weighted by atomic mass is 14.2. The molecule has 0 aromatic heterocycles. The Labute approximate surface area is 224 Å². The highest BCUT2D eigenvalue weighted by Crippen LogP contribution is 2.48. The van der Waals surface area contributed by atoms with Gasteiger partial charge in [-0.05, 0) is 140 Å². The largest absolute Gasteiger partial charge is 0.0617 e. The Bertz CT molecular complexity index is 1770. The molecule has 0 aliphatic rings. The van der Waals surface area contributed by atoms with Gasteiger partial charge in [0.05, 0.1) is 0 Å². The molecule has 0 amide bonds. The summed E-state index contributed by atoms with van der Waals surface area (Å²) < 4.78 is 0. The van der Waals surface area contributed by atoms with Crippen LogP contribution in [0.15, 0.2) is 109 Å². The van der Waals surface area contributed by atoms with Crippen LogP contribution in [-0.4, -0.2) is 0 Å². The van der Waals surface area contributed by atoms with Crippen molar-refractivity contribution in [3.05, 3.63) is 131 Å². The van der Waals surface area contributed by atoms with Crippen LogP contribution in [-0.2, 0) is 0 Å². The third-order valence-electron chi connectivity index (χ3n) is 8.31. The van der Waals surface area contributed by atoms with Crippen molar-refractivity contribution in [1.29, 1.82) is 0 Å². The molecule has 0 N–H and O–H groups in total. The lowest BCUT2D eigenvalue weighted by Crippen LogP contribution is -1.97. The van der Waals surface area contributed by atoms with E-state index in [1.165, 1.54) is 87.6 Å². The van der Waals surface area contributed by atoms with Gasteiger partial charge in [0, 0.05) is 0 Å². The lowest BCUT2D eigenvalue weighted by Gasteiger charge is -2.23. The molecule has 0 heterocycles. The Kier molecular flexibility index (Phi) is 5.13. The molecule has 0 unspecified atom stereocenters. The first-order chi connectivity index (χ1) is 18.5. The van der Waals surface area contributed by atoms with E-state index in [-0.39, 0.29) is 0 Å². The van der Waals surface area contributed by atoms with Gasteiger partial charge in [-0.2, -0.15) is 0 Å². The fourth-order valence-corrected chi connectivity index (χ4v) is 6.55. The van der Waals surface area contributed by atoms with Crippen LogP contribution in [0.5, 0.6) is 0 Å². The van der Waals surface area contributed by atoms with Crippen molar-refractivity contribution in [1.82, 2.24) is 0 Å². The first-order valence-corrected chi connectivity index (χ1v) is 13.5. The number of aryl methyl sites for hydroxylation is 4. The number of fused-ring (bicyclic) bond motifs is 4. The van der Waals surface area contributed by atoms with E-state index < -0.39 is 0 Å². The zero-order chi connectivity index (χ0) is 26.0. The summed E-state index contributed by atoms with van der Waals surface area (Å²) in [7, 11) is 0. The number of rotatable bonds is 2. The van der Waals surface area contributed by atoms with Crippen LogP contribution >= 0.6 is 0 Å². The van der Waals surface area contributed by atoms with Gasteiger partial charge in [-0.3, -0.25) is 0 Å². The molecular formula is C38H30. The highest BCUT2D eigenvalue weighted by Gasteiger charge is 2.21. The van der Waals surface area contributed by atoms with Crippen LogP contribution in [0.25, 0.3) is 65.3 Å². The van der Waals surface area contributed by atoms with Crippen molar-refractivity contribution in [2.24, 2.45) is 0 Å². The van der Waals surface area contributed by atoms with E-state index in [1.807, 2.05) is 0 Å². The zero-order valence-corrected chi connectivity index (χ0v) is 22.4. The topological polar surface area (TPSA) is 0 Å². The third-order valence-corrected chi connectivity index (χ3v) is 8.31. The number of benzene rings is 7. The average Bonchev–Trinajstić information content (AvgIpc) is 2.91. The van der Waals surface area contributed by atoms with E-state index in [0.717, 1.165) is 0 Å². The van der Waals surface area contributed by atoms with Crippen LogP contribution in [0.2, 0.25) is 0 Å². The maximum absolute atomic E-state index is 2.43. The van der Waals surface area contributed by atoms with Crippen LogP contribution in [0, 0.1) is 27.7 Å². The van der Waals surface area contributed by atoms with Crippen molar-refractivity contribution in [2.75, 3.05) is 0 Å². The first-order valence-electron chi connectivity index (χ1n) is 13.5. The molecule has 0 saturated heterocycles. The molecule has 0 heteroatoms. The second kappa shape index (κ2) is 8.57. The summed E-state index contributed by atoms with van der Waals surface area (Å²) in [6.45, 7) is 9.01. The van der Waals surface area contributed by atoms with E-state index in [2.05, 4.69) is 137 Å². The summed E-state index contributed by atoms with van der Waals surface area (Å²) in [5.74, 6) is 0. The first kappa shape index (κ1) is 22.8. The Hall–Kier alpha value is -4.42. The molecule has 38 heavy (non-hydrogen) atoms. The maximum Gasteiger partial charge on any atom is -0.00206 e. The summed E-state index contributed by atoms with van der Waals surface area (Å²) in [6.07, 6.45) is 0. The Morgan fingerprint density at radius 1 is 0.289 bits per heavy atom. The maximum atomic E-state index is 2.43. The Morgan fingerprint density at radius 3 is 0.816 bits per heavy atom. The molecule has 0 bridgehead atoms. The van der Waals surface area contributed by atoms with Gasteiger partial charge in [0.1, 0.15) is 0 Å². The SMILES string of the molecule is Cc1cccc(C)c1-c1c2cc3ccccc3cc2c(-c2c(C)cccc2C)c2cc3ccccc3cc12. The van der Waals surface area contributed by atoms with Gasteiger partial charge in [-0.25, -0.2) is 0 Å². The molecule has 0 radical (unpaired) electrons. The smallest absolute Gasteiger partial charge is 0.00206 e. The van der Waals surface area contributed by atoms with Crippen molar-refractivity contribution >= 4 is 43.1 Å². The molecule has 0 nitrogen and oxygen atoms in total. The average molecular weight is 487 g/mol. The lowest BCUT2D eigenvalue weighted by atomic mass is 9.80. The van der Waals surface area contributed by atoms with Gasteiger partial charge in [0.2, 0.25) is 0 Å². The van der Waals surface area contributed by atoms with Gasteiger partial charge in [-0.15, -0.1) is 0 Å². The molecule has 0 aliphatic heterocycles. The molecule has 0 atom stereocenters. The Morgan fingerprint density at radius 2 is 0.553 bits per heavy atom. The Balaban J connectivity index is 1.83. The van der Waals surface area contributed by atoms with Crippen molar-refractivity contribution in [2.45, 2.75) is 27.7 Å². The fraction of sp³-hybridized carbons (Fsp3) is 0.105. The molecule has 7 rings (SSSR count). The van der Waals surface area contributed by atoms with Gasteiger partial charge >= 0.3 is 0 Å². The minimum absolute atomic E-state index is 1.28. The lowest BCUT2D eigenvalue weighted by molar-refractivity contribution is 1.38. The zero-order valence-electron chi connectivity index (χ0n) is 22.4. The molecule has 0 saturated carbocycles. The van der Waals surface area contributed by atoms with Gasteiger partial charge in [0.15, 0.2) is 0 Å². The van der Waals surface area contributed by atoms with Crippen LogP contribution in [0.3, 0.4) is 0 Å². The number of hydrogen-bond acceptors (Lipinski definition) is 0. The van der Waals surface area contributed by atoms with Crippen molar-refractivity contribution in [3.63, 3.8) is 0 Å². The summed E-state index contributed by atoms with van der Waals surface area (Å²) in [5.41, 5.74) is 10.6. The summed E-state index contributed by atoms with van der Waals surface area (Å²) in [5, 5.41) is 10.4. The van der Waals surface area contributed by atoms with Gasteiger partial charge in [-0.1, -0.05) is 84.9 Å². The van der Waals surface area contributed by atoms with Crippen LogP contribution < -0.4 is 0 Å².